The van der Waals surface area contributed by atoms with Gasteiger partial charge in [-0.2, -0.15) is 0 Å². The average Bonchev–Trinajstić information content (AvgIpc) is 3.10. The van der Waals surface area contributed by atoms with Gasteiger partial charge in [0.15, 0.2) is 0 Å². The number of hydrogen-bond acceptors (Lipinski definition) is 4. The minimum absolute atomic E-state index is 0.0901. The molecule has 1 aliphatic rings. The van der Waals surface area contributed by atoms with Crippen molar-refractivity contribution in [1.82, 2.24) is 10.2 Å². The van der Waals surface area contributed by atoms with Gasteiger partial charge in [-0.1, -0.05) is 12.1 Å². The van der Waals surface area contributed by atoms with E-state index >= 15 is 0 Å². The van der Waals surface area contributed by atoms with Crippen LogP contribution in [0.15, 0.2) is 35.7 Å². The van der Waals surface area contributed by atoms with Gasteiger partial charge in [0.05, 0.1) is 18.8 Å². The van der Waals surface area contributed by atoms with E-state index in [0.717, 1.165) is 43.3 Å². The van der Waals surface area contributed by atoms with E-state index in [1.165, 1.54) is 6.07 Å². The molecular weight excluding hydrogens is 315 g/mol. The molecule has 1 N–H and O–H groups in total. The van der Waals surface area contributed by atoms with E-state index in [4.69, 9.17) is 4.74 Å². The first kappa shape index (κ1) is 16.1. The van der Waals surface area contributed by atoms with E-state index in [1.807, 2.05) is 17.5 Å². The van der Waals surface area contributed by atoms with E-state index in [2.05, 4.69) is 10.2 Å². The van der Waals surface area contributed by atoms with Crippen molar-refractivity contribution < 1.29 is 13.9 Å². The van der Waals surface area contributed by atoms with Gasteiger partial charge in [0.25, 0.3) is 5.91 Å². The Labute approximate surface area is 138 Å². The maximum atomic E-state index is 14.2. The Morgan fingerprint density at radius 3 is 2.83 bits per heavy atom. The summed E-state index contributed by atoms with van der Waals surface area (Å²) in [6, 6.07) is 8.61. The third kappa shape index (κ3) is 4.16. The van der Waals surface area contributed by atoms with Crippen molar-refractivity contribution in [3.63, 3.8) is 0 Å². The van der Waals surface area contributed by atoms with E-state index in [0.29, 0.717) is 6.54 Å². The van der Waals surface area contributed by atoms with Crippen LogP contribution < -0.4 is 5.32 Å². The zero-order chi connectivity index (χ0) is 16.1. The van der Waals surface area contributed by atoms with E-state index in [-0.39, 0.29) is 11.5 Å². The van der Waals surface area contributed by atoms with Crippen molar-refractivity contribution in [2.45, 2.75) is 0 Å². The number of nitrogens with zero attached hydrogens (tertiary/aromatic N) is 1. The third-order valence-corrected chi connectivity index (χ3v) is 4.76. The molecule has 0 radical (unpaired) electrons. The lowest BCUT2D eigenvalue weighted by atomic mass is 10.1. The normalized spacial score (nSPS) is 15.5. The lowest BCUT2D eigenvalue weighted by Crippen LogP contribution is -2.41. The minimum Gasteiger partial charge on any atom is -0.379 e. The van der Waals surface area contributed by atoms with Crippen molar-refractivity contribution in [1.29, 1.82) is 0 Å². The van der Waals surface area contributed by atoms with Gasteiger partial charge >= 0.3 is 0 Å². The number of nitrogens with one attached hydrogen (secondary N) is 1. The molecular formula is C17H19FN2O2S. The average molecular weight is 334 g/mol. The molecule has 1 aliphatic heterocycles. The zero-order valence-corrected chi connectivity index (χ0v) is 13.6. The van der Waals surface area contributed by atoms with Crippen molar-refractivity contribution >= 4 is 17.2 Å². The predicted octanol–water partition coefficient (Wildman–Crippen LogP) is 2.62. The van der Waals surface area contributed by atoms with Crippen LogP contribution in [0.1, 0.15) is 10.4 Å². The Hall–Kier alpha value is -1.76. The molecule has 2 heterocycles. The molecule has 23 heavy (non-hydrogen) atoms. The van der Waals surface area contributed by atoms with Crippen molar-refractivity contribution in [3.05, 3.63) is 47.1 Å². The van der Waals surface area contributed by atoms with Crippen LogP contribution in [0.5, 0.6) is 0 Å². The largest absolute Gasteiger partial charge is 0.379 e. The Morgan fingerprint density at radius 2 is 2.13 bits per heavy atom. The molecule has 1 saturated heterocycles. The first-order valence-electron chi connectivity index (χ1n) is 7.66. The molecule has 1 fully saturated rings. The van der Waals surface area contributed by atoms with Gasteiger partial charge in [0.1, 0.15) is 5.82 Å². The maximum Gasteiger partial charge on any atom is 0.254 e. The Balaban J connectivity index is 1.56. The minimum atomic E-state index is -0.486. The second kappa shape index (κ2) is 7.68. The van der Waals surface area contributed by atoms with Crippen LogP contribution in [0.3, 0.4) is 0 Å². The van der Waals surface area contributed by atoms with Gasteiger partial charge in [0.2, 0.25) is 0 Å². The number of halogens is 1. The van der Waals surface area contributed by atoms with Crippen molar-refractivity contribution in [3.8, 4) is 10.4 Å². The molecule has 0 bridgehead atoms. The van der Waals surface area contributed by atoms with E-state index < -0.39 is 5.82 Å². The molecule has 122 valence electrons. The highest BCUT2D eigenvalue weighted by molar-refractivity contribution is 7.13. The highest BCUT2D eigenvalue weighted by atomic mass is 32.1. The fourth-order valence-corrected chi connectivity index (χ4v) is 3.27. The van der Waals surface area contributed by atoms with Gasteiger partial charge in [-0.15, -0.1) is 11.3 Å². The maximum absolute atomic E-state index is 14.2. The van der Waals surface area contributed by atoms with Crippen LogP contribution in [-0.2, 0) is 4.74 Å². The highest BCUT2D eigenvalue weighted by Crippen LogP contribution is 2.26. The summed E-state index contributed by atoms with van der Waals surface area (Å²) in [6.45, 7) is 4.47. The fourth-order valence-electron chi connectivity index (χ4n) is 2.54. The number of ether oxygens (including phenoxy) is 1. The van der Waals surface area contributed by atoms with Crippen molar-refractivity contribution in [2.75, 3.05) is 39.4 Å². The fraction of sp³-hybridized carbons (Fsp3) is 0.353. The Morgan fingerprint density at radius 1 is 1.30 bits per heavy atom. The van der Waals surface area contributed by atoms with Crippen LogP contribution in [0.2, 0.25) is 0 Å². The van der Waals surface area contributed by atoms with Gasteiger partial charge < -0.3 is 10.1 Å². The molecule has 6 heteroatoms. The summed E-state index contributed by atoms with van der Waals surface area (Å²) in [7, 11) is 0. The van der Waals surface area contributed by atoms with Gasteiger partial charge in [-0.25, -0.2) is 4.39 Å². The van der Waals surface area contributed by atoms with Gasteiger partial charge in [-0.05, 0) is 29.1 Å². The van der Waals surface area contributed by atoms with Gasteiger partial charge in [0, 0.05) is 31.1 Å². The summed E-state index contributed by atoms with van der Waals surface area (Å²) in [5.74, 6) is -0.853. The van der Waals surface area contributed by atoms with Crippen molar-refractivity contribution in [2.24, 2.45) is 0 Å². The molecule has 3 rings (SSSR count). The monoisotopic (exact) mass is 334 g/mol. The van der Waals surface area contributed by atoms with E-state index in [9.17, 15) is 9.18 Å². The SMILES string of the molecule is O=C(NCCN1CCOCC1)c1ccc(-c2cccs2)cc1F. The smallest absolute Gasteiger partial charge is 0.254 e. The molecule has 1 amide bonds. The topological polar surface area (TPSA) is 41.6 Å². The lowest BCUT2D eigenvalue weighted by Gasteiger charge is -2.26. The molecule has 4 nitrogen and oxygen atoms in total. The number of amides is 1. The first-order chi connectivity index (χ1) is 11.2. The molecule has 0 aliphatic carbocycles. The molecule has 1 aromatic carbocycles. The number of morpholine rings is 1. The van der Waals surface area contributed by atoms with Crippen LogP contribution in [0.4, 0.5) is 4.39 Å². The lowest BCUT2D eigenvalue weighted by molar-refractivity contribution is 0.0383. The van der Waals surface area contributed by atoms with Crippen LogP contribution in [0, 0.1) is 5.82 Å². The molecule has 0 atom stereocenters. The second-order valence-corrected chi connectivity index (χ2v) is 6.33. The number of thiophene rings is 1. The molecule has 0 saturated carbocycles. The number of carbonyl (C=O) groups is 1. The summed E-state index contributed by atoms with van der Waals surface area (Å²) >= 11 is 1.55. The van der Waals surface area contributed by atoms with Crippen LogP contribution in [0.25, 0.3) is 10.4 Å². The van der Waals surface area contributed by atoms with Gasteiger partial charge in [-0.3, -0.25) is 9.69 Å². The number of hydrogen-bond donors (Lipinski definition) is 1. The highest BCUT2D eigenvalue weighted by Gasteiger charge is 2.14. The van der Waals surface area contributed by atoms with Crippen LogP contribution in [-0.4, -0.2) is 50.2 Å². The van der Waals surface area contributed by atoms with Crippen LogP contribution >= 0.6 is 11.3 Å². The summed E-state index contributed by atoms with van der Waals surface area (Å²) < 4.78 is 19.5. The number of benzene rings is 1. The Bertz CT molecular complexity index is 655. The zero-order valence-electron chi connectivity index (χ0n) is 12.8. The molecule has 0 spiro atoms. The molecule has 2 aromatic rings. The Kier molecular flexibility index (Phi) is 5.38. The first-order valence-corrected chi connectivity index (χ1v) is 8.54. The molecule has 0 unspecified atom stereocenters. The summed E-state index contributed by atoms with van der Waals surface area (Å²) in [6.07, 6.45) is 0. The summed E-state index contributed by atoms with van der Waals surface area (Å²) in [5.41, 5.74) is 0.884. The summed E-state index contributed by atoms with van der Waals surface area (Å²) in [5, 5.41) is 4.73. The number of rotatable bonds is 5. The molecule has 1 aromatic heterocycles. The predicted molar refractivity (Wildman–Crippen MR) is 89.3 cm³/mol. The quantitative estimate of drug-likeness (QED) is 0.914. The standard InChI is InChI=1S/C17H19FN2O2S/c18-15-12-13(16-2-1-11-23-16)3-4-14(15)17(21)19-5-6-20-7-9-22-10-8-20/h1-4,11-12H,5-10H2,(H,19,21). The third-order valence-electron chi connectivity index (χ3n) is 3.84. The second-order valence-electron chi connectivity index (χ2n) is 5.38. The summed E-state index contributed by atoms with van der Waals surface area (Å²) in [4.78, 5) is 15.3. The number of carbonyl (C=O) groups excluding carboxylic acids is 1. The van der Waals surface area contributed by atoms with E-state index in [1.54, 1.807) is 23.5 Å².